The maximum atomic E-state index is 12.8. The molecule has 0 bridgehead atoms. The van der Waals surface area contributed by atoms with Crippen molar-refractivity contribution in [2.24, 2.45) is 5.92 Å². The first kappa shape index (κ1) is 22.6. The number of halogens is 2. The summed E-state index contributed by atoms with van der Waals surface area (Å²) in [6.07, 6.45) is 1.24. The second-order valence-electron chi connectivity index (χ2n) is 8.02. The van der Waals surface area contributed by atoms with Crippen molar-refractivity contribution in [2.75, 3.05) is 33.4 Å². The first-order chi connectivity index (χ1) is 13.8. The highest BCUT2D eigenvalue weighted by Crippen LogP contribution is 2.39. The van der Waals surface area contributed by atoms with Gasteiger partial charge < -0.3 is 24.4 Å². The van der Waals surface area contributed by atoms with Crippen molar-refractivity contribution in [1.82, 2.24) is 10.2 Å². The molecular weight excluding hydrogens is 415 g/mol. The average Bonchev–Trinajstić information content (AvgIpc) is 3.07. The lowest BCUT2D eigenvalue weighted by molar-refractivity contribution is -0.161. The number of likely N-dealkylation sites (tertiary alicyclic amines) is 1. The van der Waals surface area contributed by atoms with Crippen LogP contribution in [0.15, 0.2) is 12.1 Å². The minimum Gasteiger partial charge on any atom is -0.496 e. The fourth-order valence-electron chi connectivity index (χ4n) is 4.18. The Kier molecular flexibility index (Phi) is 7.33. The summed E-state index contributed by atoms with van der Waals surface area (Å²) in [6, 6.07) is 3.73. The monoisotopic (exact) mass is 444 g/mol. The van der Waals surface area contributed by atoms with Crippen molar-refractivity contribution in [2.45, 2.75) is 51.5 Å². The molecule has 2 fully saturated rings. The molecule has 1 amide bonds. The number of hydrogen-bond donors (Lipinski definition) is 1. The Morgan fingerprint density at radius 3 is 2.52 bits per heavy atom. The van der Waals surface area contributed by atoms with Gasteiger partial charge in [0.1, 0.15) is 5.75 Å². The number of ether oxygens (including phenoxy) is 3. The highest BCUT2D eigenvalue weighted by atomic mass is 35.5. The lowest BCUT2D eigenvalue weighted by Gasteiger charge is -2.37. The van der Waals surface area contributed by atoms with Crippen LogP contribution < -0.4 is 10.1 Å². The minimum absolute atomic E-state index is 0.0149. The first-order valence-corrected chi connectivity index (χ1v) is 10.9. The highest BCUT2D eigenvalue weighted by molar-refractivity contribution is 6.42. The molecule has 2 heterocycles. The Labute approximate surface area is 182 Å². The topological polar surface area (TPSA) is 60.0 Å². The van der Waals surface area contributed by atoms with Crippen LogP contribution in [0.25, 0.3) is 0 Å². The number of benzene rings is 1. The predicted octanol–water partition coefficient (Wildman–Crippen LogP) is 4.04. The van der Waals surface area contributed by atoms with Crippen LogP contribution in [0.4, 0.5) is 0 Å². The molecule has 0 spiro atoms. The zero-order valence-corrected chi connectivity index (χ0v) is 19.0. The fraction of sp³-hybridized carbons (Fsp3) is 0.667. The summed E-state index contributed by atoms with van der Waals surface area (Å²) < 4.78 is 16.8. The van der Waals surface area contributed by atoms with Crippen molar-refractivity contribution in [1.29, 1.82) is 0 Å². The molecule has 2 aliphatic rings. The third-order valence-corrected chi connectivity index (χ3v) is 6.36. The van der Waals surface area contributed by atoms with Gasteiger partial charge in [0, 0.05) is 30.8 Å². The number of hydrogen-bond acceptors (Lipinski definition) is 5. The van der Waals surface area contributed by atoms with Crippen molar-refractivity contribution < 1.29 is 19.0 Å². The second kappa shape index (κ2) is 9.40. The molecule has 2 atom stereocenters. The van der Waals surface area contributed by atoms with Crippen molar-refractivity contribution in [3.8, 4) is 5.75 Å². The summed E-state index contributed by atoms with van der Waals surface area (Å²) >= 11 is 12.5. The molecule has 0 aromatic heterocycles. The van der Waals surface area contributed by atoms with E-state index in [1.54, 1.807) is 13.2 Å². The Bertz CT molecular complexity index is 736. The van der Waals surface area contributed by atoms with E-state index >= 15 is 0 Å². The Balaban J connectivity index is 1.69. The van der Waals surface area contributed by atoms with Crippen LogP contribution in [-0.2, 0) is 14.3 Å². The Morgan fingerprint density at radius 1 is 1.31 bits per heavy atom. The third-order valence-electron chi connectivity index (χ3n) is 5.64. The van der Waals surface area contributed by atoms with Crippen LogP contribution in [0.3, 0.4) is 0 Å². The van der Waals surface area contributed by atoms with Crippen LogP contribution in [0.5, 0.6) is 5.75 Å². The summed E-state index contributed by atoms with van der Waals surface area (Å²) in [5, 5.41) is 4.56. The predicted molar refractivity (Wildman–Crippen MR) is 114 cm³/mol. The molecule has 8 heteroatoms. The van der Waals surface area contributed by atoms with Crippen LogP contribution in [0.2, 0.25) is 10.0 Å². The van der Waals surface area contributed by atoms with E-state index in [-0.39, 0.29) is 11.9 Å². The lowest BCUT2D eigenvalue weighted by atomic mass is 9.84. The summed E-state index contributed by atoms with van der Waals surface area (Å²) in [7, 11) is 1.64. The standard InChI is InChI=1S/C21H30Cl2N2O4/c1-5-24-19(14-10-15(22)16(23)11-17(14)27-4)13-6-8-25(9-7-13)20(26)18-12-28-21(2,3)29-18/h10-11,13,18-19,24H,5-9,12H2,1-4H3/t18-,19?/m1/s1. The molecule has 6 nitrogen and oxygen atoms in total. The Hall–Kier alpha value is -1.05. The van der Waals surface area contributed by atoms with Gasteiger partial charge in [-0.2, -0.15) is 0 Å². The molecule has 0 radical (unpaired) electrons. The van der Waals surface area contributed by atoms with E-state index in [4.69, 9.17) is 37.4 Å². The van der Waals surface area contributed by atoms with Gasteiger partial charge >= 0.3 is 0 Å². The van der Waals surface area contributed by atoms with Gasteiger partial charge in [0.05, 0.1) is 23.8 Å². The maximum Gasteiger partial charge on any atom is 0.254 e. The number of nitrogens with zero attached hydrogens (tertiary/aromatic N) is 1. The molecule has 1 unspecified atom stereocenters. The lowest BCUT2D eigenvalue weighted by Crippen LogP contribution is -2.46. The zero-order valence-electron chi connectivity index (χ0n) is 17.5. The average molecular weight is 445 g/mol. The maximum absolute atomic E-state index is 12.8. The van der Waals surface area contributed by atoms with Gasteiger partial charge in [0.2, 0.25) is 0 Å². The molecule has 162 valence electrons. The number of nitrogens with one attached hydrogen (secondary N) is 1. The SMILES string of the molecule is CCNC(c1cc(Cl)c(Cl)cc1OC)C1CCN(C(=O)[C@H]2COC(C)(C)O2)CC1. The van der Waals surface area contributed by atoms with E-state index in [9.17, 15) is 4.79 Å². The minimum atomic E-state index is -0.695. The molecule has 1 aromatic rings. The second-order valence-corrected chi connectivity index (χ2v) is 8.84. The van der Waals surface area contributed by atoms with Crippen LogP contribution in [0.1, 0.15) is 45.2 Å². The van der Waals surface area contributed by atoms with Gasteiger partial charge in [-0.05, 0) is 45.2 Å². The summed E-state index contributed by atoms with van der Waals surface area (Å²) in [6.45, 7) is 8.25. The van der Waals surface area contributed by atoms with E-state index in [1.807, 2.05) is 24.8 Å². The van der Waals surface area contributed by atoms with Gasteiger partial charge in [-0.1, -0.05) is 30.1 Å². The van der Waals surface area contributed by atoms with Crippen LogP contribution in [0, 0.1) is 5.92 Å². The largest absolute Gasteiger partial charge is 0.496 e. The van der Waals surface area contributed by atoms with E-state index < -0.39 is 11.9 Å². The quantitative estimate of drug-likeness (QED) is 0.716. The van der Waals surface area contributed by atoms with E-state index in [1.165, 1.54) is 0 Å². The van der Waals surface area contributed by atoms with Crippen molar-refractivity contribution in [3.05, 3.63) is 27.7 Å². The van der Waals surface area contributed by atoms with Crippen LogP contribution in [-0.4, -0.2) is 56.0 Å². The summed E-state index contributed by atoms with van der Waals surface area (Å²) in [4.78, 5) is 14.7. The number of piperidine rings is 1. The summed E-state index contributed by atoms with van der Waals surface area (Å²) in [5.74, 6) is 0.394. The summed E-state index contributed by atoms with van der Waals surface area (Å²) in [5.41, 5.74) is 1.00. The molecule has 1 N–H and O–H groups in total. The molecule has 0 aliphatic carbocycles. The molecule has 2 saturated heterocycles. The van der Waals surface area contributed by atoms with Gasteiger partial charge in [0.15, 0.2) is 11.9 Å². The molecule has 29 heavy (non-hydrogen) atoms. The number of carbonyl (C=O) groups is 1. The third kappa shape index (κ3) is 5.17. The molecule has 1 aromatic carbocycles. The van der Waals surface area contributed by atoms with E-state index in [0.29, 0.717) is 35.7 Å². The van der Waals surface area contributed by atoms with Gasteiger partial charge in [-0.25, -0.2) is 0 Å². The zero-order chi connectivity index (χ0) is 21.2. The van der Waals surface area contributed by atoms with Crippen molar-refractivity contribution in [3.63, 3.8) is 0 Å². The highest BCUT2D eigenvalue weighted by Gasteiger charge is 2.40. The normalized spacial score (nSPS) is 23.2. The van der Waals surface area contributed by atoms with E-state index in [0.717, 1.165) is 30.7 Å². The van der Waals surface area contributed by atoms with Gasteiger partial charge in [-0.3, -0.25) is 4.79 Å². The molecule has 0 saturated carbocycles. The molecule has 2 aliphatic heterocycles. The number of carbonyl (C=O) groups excluding carboxylic acids is 1. The van der Waals surface area contributed by atoms with Crippen LogP contribution >= 0.6 is 23.2 Å². The van der Waals surface area contributed by atoms with E-state index in [2.05, 4.69) is 12.2 Å². The Morgan fingerprint density at radius 2 is 1.97 bits per heavy atom. The first-order valence-electron chi connectivity index (χ1n) is 10.1. The fourth-order valence-corrected chi connectivity index (χ4v) is 4.51. The van der Waals surface area contributed by atoms with Gasteiger partial charge in [-0.15, -0.1) is 0 Å². The van der Waals surface area contributed by atoms with Crippen molar-refractivity contribution >= 4 is 29.1 Å². The molecule has 3 rings (SSSR count). The van der Waals surface area contributed by atoms with Gasteiger partial charge in [0.25, 0.3) is 5.91 Å². The number of methoxy groups -OCH3 is 1. The smallest absolute Gasteiger partial charge is 0.254 e. The number of amides is 1. The molecular formula is C21H30Cl2N2O4. The number of rotatable bonds is 6.